The SMILES string of the molecule is CCCCCCCCCCCCCCCCCCCCC(C)CCCC(C)CCCCCC(C)CCCCCCC. The van der Waals surface area contributed by atoms with Crippen LogP contribution >= 0.6 is 0 Å². The number of unbranched alkanes of at least 4 members (excludes halogenated alkanes) is 23. The summed E-state index contributed by atoms with van der Waals surface area (Å²) >= 11 is 0. The molecule has 0 heterocycles. The summed E-state index contributed by atoms with van der Waals surface area (Å²) in [5.41, 5.74) is 0. The Morgan fingerprint density at radius 2 is 0.390 bits per heavy atom. The third-order valence-electron chi connectivity index (χ3n) is 10.1. The first-order chi connectivity index (χ1) is 20.1. The maximum absolute atomic E-state index is 2.52. The Bertz CT molecular complexity index is 453. The molecule has 41 heavy (non-hydrogen) atoms. The van der Waals surface area contributed by atoms with Crippen LogP contribution in [0.2, 0.25) is 0 Å². The van der Waals surface area contributed by atoms with E-state index in [1.807, 2.05) is 0 Å². The molecule has 0 nitrogen and oxygen atoms in total. The predicted molar refractivity (Wildman–Crippen MR) is 191 cm³/mol. The van der Waals surface area contributed by atoms with Crippen molar-refractivity contribution in [1.82, 2.24) is 0 Å². The molecule has 0 saturated carbocycles. The highest BCUT2D eigenvalue weighted by Crippen LogP contribution is 2.23. The second-order valence-corrected chi connectivity index (χ2v) is 14.9. The van der Waals surface area contributed by atoms with E-state index in [-0.39, 0.29) is 0 Å². The van der Waals surface area contributed by atoms with Crippen LogP contribution in [0.1, 0.15) is 247 Å². The van der Waals surface area contributed by atoms with Gasteiger partial charge in [-0.3, -0.25) is 0 Å². The van der Waals surface area contributed by atoms with E-state index in [4.69, 9.17) is 0 Å². The lowest BCUT2D eigenvalue weighted by molar-refractivity contribution is 0.385. The van der Waals surface area contributed by atoms with Crippen molar-refractivity contribution < 1.29 is 0 Å². The minimum atomic E-state index is 0.947. The van der Waals surface area contributed by atoms with Crippen LogP contribution in [0.5, 0.6) is 0 Å². The van der Waals surface area contributed by atoms with Gasteiger partial charge < -0.3 is 0 Å². The Hall–Kier alpha value is 0. The van der Waals surface area contributed by atoms with Gasteiger partial charge in [0.1, 0.15) is 0 Å². The number of rotatable bonds is 35. The van der Waals surface area contributed by atoms with E-state index < -0.39 is 0 Å². The fourth-order valence-corrected chi connectivity index (χ4v) is 6.90. The smallest absolute Gasteiger partial charge is 0.0443 e. The zero-order valence-electron chi connectivity index (χ0n) is 30.1. The van der Waals surface area contributed by atoms with E-state index in [0.717, 1.165) is 17.8 Å². The summed E-state index contributed by atoms with van der Waals surface area (Å²) in [6.07, 6.45) is 48.5. The average Bonchev–Trinajstić information content (AvgIpc) is 2.96. The molecule has 0 aromatic heterocycles. The van der Waals surface area contributed by atoms with Crippen LogP contribution in [0, 0.1) is 17.8 Å². The second kappa shape index (κ2) is 34.5. The molecular formula is C41H84. The molecule has 0 bridgehead atoms. The number of hydrogen-bond acceptors (Lipinski definition) is 0. The van der Waals surface area contributed by atoms with Gasteiger partial charge in [0.05, 0.1) is 0 Å². The van der Waals surface area contributed by atoms with Crippen LogP contribution in [0.3, 0.4) is 0 Å². The van der Waals surface area contributed by atoms with E-state index in [0.29, 0.717) is 0 Å². The van der Waals surface area contributed by atoms with Gasteiger partial charge in [0, 0.05) is 0 Å². The highest BCUT2D eigenvalue weighted by molar-refractivity contribution is 4.61. The molecule has 0 aliphatic heterocycles. The molecular weight excluding hydrogens is 492 g/mol. The van der Waals surface area contributed by atoms with Crippen LogP contribution in [0.25, 0.3) is 0 Å². The van der Waals surface area contributed by atoms with Gasteiger partial charge in [-0.15, -0.1) is 0 Å². The van der Waals surface area contributed by atoms with Crippen molar-refractivity contribution >= 4 is 0 Å². The van der Waals surface area contributed by atoms with Gasteiger partial charge in [0.25, 0.3) is 0 Å². The van der Waals surface area contributed by atoms with E-state index in [1.165, 1.54) is 212 Å². The van der Waals surface area contributed by atoms with Gasteiger partial charge in [-0.05, 0) is 17.8 Å². The minimum absolute atomic E-state index is 0.947. The monoisotopic (exact) mass is 577 g/mol. The molecule has 0 amide bonds. The van der Waals surface area contributed by atoms with Crippen LogP contribution in [-0.4, -0.2) is 0 Å². The normalized spacial score (nSPS) is 14.0. The molecule has 0 radical (unpaired) electrons. The summed E-state index contributed by atoms with van der Waals surface area (Å²) in [5.74, 6) is 2.86. The Balaban J connectivity index is 3.31. The molecule has 0 spiro atoms. The first-order valence-electron chi connectivity index (χ1n) is 20.1. The van der Waals surface area contributed by atoms with E-state index in [1.54, 1.807) is 0 Å². The quantitative estimate of drug-likeness (QED) is 0.0658. The van der Waals surface area contributed by atoms with Crippen LogP contribution < -0.4 is 0 Å². The van der Waals surface area contributed by atoms with Crippen LogP contribution in [0.4, 0.5) is 0 Å². The van der Waals surface area contributed by atoms with E-state index in [9.17, 15) is 0 Å². The Kier molecular flexibility index (Phi) is 34.5. The summed E-state index contributed by atoms with van der Waals surface area (Å²) in [5, 5.41) is 0. The van der Waals surface area contributed by atoms with Gasteiger partial charge in [-0.2, -0.15) is 0 Å². The lowest BCUT2D eigenvalue weighted by atomic mass is 9.91. The Morgan fingerprint density at radius 1 is 0.220 bits per heavy atom. The van der Waals surface area contributed by atoms with E-state index >= 15 is 0 Å². The topological polar surface area (TPSA) is 0 Å². The molecule has 0 aliphatic carbocycles. The molecule has 0 aliphatic rings. The third-order valence-corrected chi connectivity index (χ3v) is 10.1. The van der Waals surface area contributed by atoms with Gasteiger partial charge in [-0.25, -0.2) is 0 Å². The highest BCUT2D eigenvalue weighted by Gasteiger charge is 2.07. The molecule has 0 heteroatoms. The zero-order valence-corrected chi connectivity index (χ0v) is 30.1. The maximum atomic E-state index is 2.52. The minimum Gasteiger partial charge on any atom is -0.0654 e. The van der Waals surface area contributed by atoms with Crippen LogP contribution in [0.15, 0.2) is 0 Å². The van der Waals surface area contributed by atoms with Crippen molar-refractivity contribution in [1.29, 1.82) is 0 Å². The Morgan fingerprint density at radius 3 is 0.634 bits per heavy atom. The predicted octanol–water partition coefficient (Wildman–Crippen LogP) is 15.8. The van der Waals surface area contributed by atoms with Crippen molar-refractivity contribution in [2.75, 3.05) is 0 Å². The molecule has 0 saturated heterocycles. The summed E-state index contributed by atoms with van der Waals surface area (Å²) in [7, 11) is 0. The highest BCUT2D eigenvalue weighted by atomic mass is 14.1. The van der Waals surface area contributed by atoms with E-state index in [2.05, 4.69) is 34.6 Å². The Labute approximate surface area is 263 Å². The molecule has 0 aromatic rings. The molecule has 0 rings (SSSR count). The van der Waals surface area contributed by atoms with Crippen molar-refractivity contribution in [3.8, 4) is 0 Å². The van der Waals surface area contributed by atoms with Gasteiger partial charge >= 0.3 is 0 Å². The molecule has 0 N–H and O–H groups in total. The fraction of sp³-hybridized carbons (Fsp3) is 1.00. The largest absolute Gasteiger partial charge is 0.0654 e. The van der Waals surface area contributed by atoms with Gasteiger partial charge in [-0.1, -0.05) is 247 Å². The van der Waals surface area contributed by atoms with Crippen LogP contribution in [-0.2, 0) is 0 Å². The van der Waals surface area contributed by atoms with Crippen molar-refractivity contribution in [3.63, 3.8) is 0 Å². The van der Waals surface area contributed by atoms with Crippen molar-refractivity contribution in [2.45, 2.75) is 247 Å². The summed E-state index contributed by atoms with van der Waals surface area (Å²) in [6, 6.07) is 0. The third kappa shape index (κ3) is 34.4. The molecule has 248 valence electrons. The lowest BCUT2D eigenvalue weighted by Crippen LogP contribution is -2.00. The standard InChI is InChI=1S/C41H84/c1-6-8-10-12-13-14-15-16-17-18-19-20-21-22-23-24-26-29-34-40(4)37-32-38-41(5)36-31-27-30-35-39(3)33-28-25-11-9-7-2/h39-41H,6-38H2,1-5H3. The van der Waals surface area contributed by atoms with Gasteiger partial charge in [0.2, 0.25) is 0 Å². The molecule has 0 fully saturated rings. The molecule has 3 unspecified atom stereocenters. The second-order valence-electron chi connectivity index (χ2n) is 14.9. The molecule has 3 atom stereocenters. The van der Waals surface area contributed by atoms with Crippen molar-refractivity contribution in [2.24, 2.45) is 17.8 Å². The first kappa shape index (κ1) is 41.0. The first-order valence-corrected chi connectivity index (χ1v) is 20.1. The summed E-state index contributed by atoms with van der Waals surface area (Å²) < 4.78 is 0. The number of hydrogen-bond donors (Lipinski definition) is 0. The summed E-state index contributed by atoms with van der Waals surface area (Å²) in [6.45, 7) is 12.1. The lowest BCUT2D eigenvalue weighted by Gasteiger charge is -2.15. The summed E-state index contributed by atoms with van der Waals surface area (Å²) in [4.78, 5) is 0. The fourth-order valence-electron chi connectivity index (χ4n) is 6.90. The van der Waals surface area contributed by atoms with Gasteiger partial charge in [0.15, 0.2) is 0 Å². The average molecular weight is 577 g/mol. The zero-order chi connectivity index (χ0) is 30.1. The molecule has 0 aromatic carbocycles. The maximum Gasteiger partial charge on any atom is -0.0443 e. The van der Waals surface area contributed by atoms with Crippen molar-refractivity contribution in [3.05, 3.63) is 0 Å².